The van der Waals surface area contributed by atoms with E-state index in [9.17, 15) is 4.79 Å². The van der Waals surface area contributed by atoms with Crippen LogP contribution in [-0.4, -0.2) is 25.2 Å². The molecular weight excluding hydrogens is 178 g/mol. The van der Waals surface area contributed by atoms with E-state index in [1.165, 1.54) is 0 Å². The highest BCUT2D eigenvalue weighted by atomic mass is 16.5. The lowest BCUT2D eigenvalue weighted by molar-refractivity contribution is -0.141. The molecule has 0 bridgehead atoms. The van der Waals surface area contributed by atoms with E-state index >= 15 is 0 Å². The second-order valence-corrected chi connectivity index (χ2v) is 4.23. The minimum Gasteiger partial charge on any atom is -0.369 e. The zero-order valence-corrected chi connectivity index (χ0v) is 10.0. The zero-order chi connectivity index (χ0) is 11.2. The number of amides is 1. The topological polar surface area (TPSA) is 38.3 Å². The monoisotopic (exact) mass is 201 g/mol. The van der Waals surface area contributed by atoms with Gasteiger partial charge in [0, 0.05) is 13.7 Å². The van der Waals surface area contributed by atoms with E-state index in [-0.39, 0.29) is 5.91 Å². The fourth-order valence-electron chi connectivity index (χ4n) is 1.06. The van der Waals surface area contributed by atoms with Gasteiger partial charge < -0.3 is 10.1 Å². The molecule has 0 aliphatic carbocycles. The van der Waals surface area contributed by atoms with Gasteiger partial charge in [0.2, 0.25) is 0 Å². The van der Waals surface area contributed by atoms with Crippen LogP contribution in [-0.2, 0) is 9.53 Å². The van der Waals surface area contributed by atoms with Crippen LogP contribution in [0.1, 0.15) is 40.5 Å². The number of hydrogen-bond donors (Lipinski definition) is 1. The van der Waals surface area contributed by atoms with Crippen molar-refractivity contribution in [1.29, 1.82) is 0 Å². The first-order chi connectivity index (χ1) is 6.46. The second-order valence-electron chi connectivity index (χ2n) is 4.23. The summed E-state index contributed by atoms with van der Waals surface area (Å²) in [5, 5.41) is 2.89. The van der Waals surface area contributed by atoms with Crippen molar-refractivity contribution in [3.63, 3.8) is 0 Å². The fourth-order valence-corrected chi connectivity index (χ4v) is 1.06. The molecule has 0 aliphatic rings. The van der Waals surface area contributed by atoms with Crippen molar-refractivity contribution in [3.8, 4) is 0 Å². The third kappa shape index (κ3) is 4.09. The van der Waals surface area contributed by atoms with Gasteiger partial charge in [0.05, 0.1) is 0 Å². The standard InChI is InChI=1S/C11H23NO2/c1-6-11(4,14-5)10(13)12-8-7-9(2)3/h9H,6-8H2,1-5H3,(H,12,13). The summed E-state index contributed by atoms with van der Waals surface area (Å²) in [5.74, 6) is 0.605. The van der Waals surface area contributed by atoms with Crippen LogP contribution in [0.4, 0.5) is 0 Å². The summed E-state index contributed by atoms with van der Waals surface area (Å²) in [5.41, 5.74) is -0.670. The van der Waals surface area contributed by atoms with Crippen LogP contribution in [0, 0.1) is 5.92 Å². The average Bonchev–Trinajstić information content (AvgIpc) is 2.15. The van der Waals surface area contributed by atoms with Gasteiger partial charge >= 0.3 is 0 Å². The molecule has 1 atom stereocenters. The largest absolute Gasteiger partial charge is 0.369 e. The SMILES string of the molecule is CCC(C)(OC)C(=O)NCCC(C)C. The predicted molar refractivity (Wildman–Crippen MR) is 58.2 cm³/mol. The van der Waals surface area contributed by atoms with Crippen LogP contribution >= 0.6 is 0 Å². The van der Waals surface area contributed by atoms with Crippen LogP contribution in [0.5, 0.6) is 0 Å². The molecule has 0 aromatic carbocycles. The summed E-state index contributed by atoms with van der Waals surface area (Å²) in [7, 11) is 1.57. The number of methoxy groups -OCH3 is 1. The average molecular weight is 201 g/mol. The Morgan fingerprint density at radius 3 is 2.43 bits per heavy atom. The van der Waals surface area contributed by atoms with Crippen molar-refractivity contribution >= 4 is 5.91 Å². The van der Waals surface area contributed by atoms with Gasteiger partial charge in [-0.15, -0.1) is 0 Å². The lowest BCUT2D eigenvalue weighted by Crippen LogP contribution is -2.45. The van der Waals surface area contributed by atoms with Gasteiger partial charge in [-0.2, -0.15) is 0 Å². The van der Waals surface area contributed by atoms with Crippen molar-refractivity contribution in [2.24, 2.45) is 5.92 Å². The maximum atomic E-state index is 11.7. The van der Waals surface area contributed by atoms with Crippen LogP contribution in [0.25, 0.3) is 0 Å². The van der Waals surface area contributed by atoms with Crippen LogP contribution in [0.3, 0.4) is 0 Å². The fraction of sp³-hybridized carbons (Fsp3) is 0.909. The predicted octanol–water partition coefficient (Wildman–Crippen LogP) is 1.96. The molecule has 14 heavy (non-hydrogen) atoms. The molecule has 3 heteroatoms. The first-order valence-corrected chi connectivity index (χ1v) is 5.29. The van der Waals surface area contributed by atoms with E-state index in [1.54, 1.807) is 7.11 Å². The van der Waals surface area contributed by atoms with Gasteiger partial charge in [0.15, 0.2) is 0 Å². The van der Waals surface area contributed by atoms with Crippen LogP contribution < -0.4 is 5.32 Å². The van der Waals surface area contributed by atoms with E-state index < -0.39 is 5.60 Å². The van der Waals surface area contributed by atoms with E-state index in [2.05, 4.69) is 19.2 Å². The summed E-state index contributed by atoms with van der Waals surface area (Å²) in [4.78, 5) is 11.7. The van der Waals surface area contributed by atoms with Gasteiger partial charge in [-0.25, -0.2) is 0 Å². The van der Waals surface area contributed by atoms with E-state index in [0.29, 0.717) is 12.3 Å². The highest BCUT2D eigenvalue weighted by Crippen LogP contribution is 2.13. The molecule has 0 rings (SSSR count). The summed E-state index contributed by atoms with van der Waals surface area (Å²) >= 11 is 0. The Morgan fingerprint density at radius 2 is 2.07 bits per heavy atom. The molecule has 0 radical (unpaired) electrons. The van der Waals surface area contributed by atoms with E-state index in [0.717, 1.165) is 13.0 Å². The number of nitrogens with one attached hydrogen (secondary N) is 1. The van der Waals surface area contributed by atoms with Crippen molar-refractivity contribution in [1.82, 2.24) is 5.32 Å². The van der Waals surface area contributed by atoms with Crippen molar-refractivity contribution in [3.05, 3.63) is 0 Å². The molecule has 1 unspecified atom stereocenters. The Kier molecular flexibility index (Phi) is 5.77. The molecule has 0 saturated heterocycles. The minimum atomic E-state index is -0.670. The molecule has 1 amide bonds. The third-order valence-electron chi connectivity index (χ3n) is 2.61. The lowest BCUT2D eigenvalue weighted by Gasteiger charge is -2.25. The molecule has 0 saturated carbocycles. The van der Waals surface area contributed by atoms with Gasteiger partial charge in [-0.05, 0) is 25.7 Å². The van der Waals surface area contributed by atoms with Gasteiger partial charge in [-0.3, -0.25) is 4.79 Å². The van der Waals surface area contributed by atoms with Gasteiger partial charge in [0.1, 0.15) is 5.60 Å². The molecule has 0 aromatic rings. The summed E-state index contributed by atoms with van der Waals surface area (Å²) in [6, 6.07) is 0. The molecule has 3 nitrogen and oxygen atoms in total. The maximum Gasteiger partial charge on any atom is 0.251 e. The lowest BCUT2D eigenvalue weighted by atomic mass is 10.0. The quantitative estimate of drug-likeness (QED) is 0.713. The van der Waals surface area contributed by atoms with Crippen molar-refractivity contribution in [2.45, 2.75) is 46.1 Å². The van der Waals surface area contributed by atoms with Crippen LogP contribution in [0.2, 0.25) is 0 Å². The van der Waals surface area contributed by atoms with Gasteiger partial charge in [0.25, 0.3) is 5.91 Å². The first-order valence-electron chi connectivity index (χ1n) is 5.29. The highest BCUT2D eigenvalue weighted by molar-refractivity contribution is 5.84. The normalized spacial score (nSPS) is 15.3. The first kappa shape index (κ1) is 13.4. The molecule has 0 spiro atoms. The Hall–Kier alpha value is -0.570. The zero-order valence-electron chi connectivity index (χ0n) is 10.0. The van der Waals surface area contributed by atoms with Crippen LogP contribution in [0.15, 0.2) is 0 Å². The highest BCUT2D eigenvalue weighted by Gasteiger charge is 2.30. The summed E-state index contributed by atoms with van der Waals surface area (Å²) in [6.45, 7) is 8.78. The molecule has 0 aromatic heterocycles. The number of carbonyl (C=O) groups is 1. The Morgan fingerprint density at radius 1 is 1.50 bits per heavy atom. The second kappa shape index (κ2) is 6.02. The van der Waals surface area contributed by atoms with E-state index in [4.69, 9.17) is 4.74 Å². The number of ether oxygens (including phenoxy) is 1. The maximum absolute atomic E-state index is 11.7. The molecule has 0 heterocycles. The number of rotatable bonds is 6. The van der Waals surface area contributed by atoms with Crippen molar-refractivity contribution in [2.75, 3.05) is 13.7 Å². The Bertz CT molecular complexity index is 174. The molecule has 84 valence electrons. The summed E-state index contributed by atoms with van der Waals surface area (Å²) < 4.78 is 5.19. The number of hydrogen-bond acceptors (Lipinski definition) is 2. The number of carbonyl (C=O) groups excluding carboxylic acids is 1. The summed E-state index contributed by atoms with van der Waals surface area (Å²) in [6.07, 6.45) is 1.70. The van der Waals surface area contributed by atoms with Gasteiger partial charge in [-0.1, -0.05) is 20.8 Å². The third-order valence-corrected chi connectivity index (χ3v) is 2.61. The molecular formula is C11H23NO2. The minimum absolute atomic E-state index is 0.0110. The van der Waals surface area contributed by atoms with Crippen molar-refractivity contribution < 1.29 is 9.53 Å². The van der Waals surface area contributed by atoms with E-state index in [1.807, 2.05) is 13.8 Å². The Balaban J connectivity index is 3.94. The smallest absolute Gasteiger partial charge is 0.251 e. The Labute approximate surface area is 87.2 Å². The molecule has 0 aliphatic heterocycles. The molecule has 0 fully saturated rings. The molecule has 1 N–H and O–H groups in total.